The molecule has 1 aromatic carbocycles. The molecule has 0 radical (unpaired) electrons. The van der Waals surface area contributed by atoms with Crippen LogP contribution in [0.3, 0.4) is 0 Å². The van der Waals surface area contributed by atoms with E-state index in [0.29, 0.717) is 16.1 Å². The second-order valence-corrected chi connectivity index (χ2v) is 2.79. The summed E-state index contributed by atoms with van der Waals surface area (Å²) >= 11 is 5.72. The Bertz CT molecular complexity index is 390. The Kier molecular flexibility index (Phi) is 3.24. The maximum atomic E-state index is 10.5. The van der Waals surface area contributed by atoms with Gasteiger partial charge in [0.15, 0.2) is 6.29 Å². The van der Waals surface area contributed by atoms with Crippen LogP contribution >= 0.6 is 11.6 Å². The van der Waals surface area contributed by atoms with Crippen molar-refractivity contribution in [3.63, 3.8) is 0 Å². The average Bonchev–Trinajstić information content (AvgIpc) is 2.15. The molecule has 0 bridgehead atoms. The number of aldehydes is 1. The van der Waals surface area contributed by atoms with E-state index in [-0.39, 0.29) is 0 Å². The summed E-state index contributed by atoms with van der Waals surface area (Å²) in [4.78, 5) is 10.5. The molecule has 1 rings (SSSR count). The highest BCUT2D eigenvalue weighted by atomic mass is 35.5. The van der Waals surface area contributed by atoms with Gasteiger partial charge in [-0.1, -0.05) is 11.6 Å². The number of nitriles is 1. The van der Waals surface area contributed by atoms with Gasteiger partial charge in [0.1, 0.15) is 0 Å². The molecule has 13 heavy (non-hydrogen) atoms. The summed E-state index contributed by atoms with van der Waals surface area (Å²) in [7, 11) is 0. The number of hydrogen-bond donors (Lipinski definition) is 0. The molecule has 2 nitrogen and oxygen atoms in total. The number of carbonyl (C=O) groups is 1. The lowest BCUT2D eigenvalue weighted by atomic mass is 10.1. The van der Waals surface area contributed by atoms with Gasteiger partial charge in [-0.2, -0.15) is 5.26 Å². The maximum absolute atomic E-state index is 10.5. The van der Waals surface area contributed by atoms with Gasteiger partial charge < -0.3 is 0 Å². The normalized spacial score (nSPS) is 9.85. The fourth-order valence-corrected chi connectivity index (χ4v) is 1.10. The van der Waals surface area contributed by atoms with E-state index in [4.69, 9.17) is 16.9 Å². The van der Waals surface area contributed by atoms with Crippen molar-refractivity contribution < 1.29 is 4.79 Å². The zero-order valence-corrected chi connectivity index (χ0v) is 7.45. The quantitative estimate of drug-likeness (QED) is 0.533. The number of rotatable bonds is 2. The number of halogens is 1. The minimum atomic E-state index is 0.524. The van der Waals surface area contributed by atoms with Crippen molar-refractivity contribution in [2.75, 3.05) is 0 Å². The van der Waals surface area contributed by atoms with Gasteiger partial charge in [0.2, 0.25) is 0 Å². The van der Waals surface area contributed by atoms with Crippen molar-refractivity contribution in [3.05, 3.63) is 40.4 Å². The third-order valence-corrected chi connectivity index (χ3v) is 1.75. The van der Waals surface area contributed by atoms with Gasteiger partial charge in [-0.05, 0) is 29.8 Å². The molecule has 0 spiro atoms. The summed E-state index contributed by atoms with van der Waals surface area (Å²) < 4.78 is 0. The zero-order valence-electron chi connectivity index (χ0n) is 6.70. The van der Waals surface area contributed by atoms with Crippen LogP contribution in [0.25, 0.3) is 6.08 Å². The molecule has 0 saturated heterocycles. The van der Waals surface area contributed by atoms with Crippen molar-refractivity contribution in [2.45, 2.75) is 0 Å². The fourth-order valence-electron chi connectivity index (χ4n) is 0.924. The molecule has 0 atom stereocenters. The molecular weight excluding hydrogens is 186 g/mol. The van der Waals surface area contributed by atoms with Gasteiger partial charge in [0.05, 0.1) is 6.07 Å². The molecule has 0 aromatic heterocycles. The van der Waals surface area contributed by atoms with Gasteiger partial charge in [-0.15, -0.1) is 0 Å². The molecule has 0 amide bonds. The molecule has 0 unspecified atom stereocenters. The fraction of sp³-hybridized carbons (Fsp3) is 0. The first kappa shape index (κ1) is 9.50. The first-order chi connectivity index (χ1) is 6.27. The van der Waals surface area contributed by atoms with Gasteiger partial charge in [0, 0.05) is 16.7 Å². The number of benzene rings is 1. The van der Waals surface area contributed by atoms with E-state index in [0.717, 1.165) is 6.29 Å². The lowest BCUT2D eigenvalue weighted by Gasteiger charge is -1.97. The Hall–Kier alpha value is -1.59. The number of allylic oxidation sites excluding steroid dienone is 1. The highest BCUT2D eigenvalue weighted by Crippen LogP contribution is 2.15. The van der Waals surface area contributed by atoms with E-state index in [2.05, 4.69) is 0 Å². The lowest BCUT2D eigenvalue weighted by molar-refractivity contribution is 0.112. The number of nitrogens with zero attached hydrogens (tertiary/aromatic N) is 1. The Morgan fingerprint density at radius 3 is 2.77 bits per heavy atom. The molecule has 0 aliphatic heterocycles. The van der Waals surface area contributed by atoms with Crippen LogP contribution in [-0.4, -0.2) is 6.29 Å². The first-order valence-corrected chi connectivity index (χ1v) is 3.96. The molecule has 3 heteroatoms. The molecule has 0 aliphatic rings. The van der Waals surface area contributed by atoms with Crippen LogP contribution in [0.1, 0.15) is 15.9 Å². The minimum absolute atomic E-state index is 0.524. The number of hydrogen-bond acceptors (Lipinski definition) is 2. The summed E-state index contributed by atoms with van der Waals surface area (Å²) in [5, 5.41) is 8.85. The van der Waals surface area contributed by atoms with E-state index < -0.39 is 0 Å². The molecule has 0 N–H and O–H groups in total. The third-order valence-electron chi connectivity index (χ3n) is 1.51. The van der Waals surface area contributed by atoms with E-state index >= 15 is 0 Å². The Morgan fingerprint density at radius 1 is 1.38 bits per heavy atom. The van der Waals surface area contributed by atoms with Crippen LogP contribution in [0.4, 0.5) is 0 Å². The molecule has 0 saturated carbocycles. The second kappa shape index (κ2) is 4.44. The molecular formula is C10H6ClNO. The zero-order chi connectivity index (χ0) is 9.68. The topological polar surface area (TPSA) is 40.9 Å². The first-order valence-electron chi connectivity index (χ1n) is 3.59. The lowest BCUT2D eigenvalue weighted by Crippen LogP contribution is -1.84. The monoisotopic (exact) mass is 191 g/mol. The smallest absolute Gasteiger partial charge is 0.150 e. The summed E-state index contributed by atoms with van der Waals surface area (Å²) in [5.41, 5.74) is 1.18. The van der Waals surface area contributed by atoms with E-state index in [9.17, 15) is 4.79 Å². The average molecular weight is 192 g/mol. The van der Waals surface area contributed by atoms with Crippen LogP contribution < -0.4 is 0 Å². The highest BCUT2D eigenvalue weighted by Gasteiger charge is 1.98. The largest absolute Gasteiger partial charge is 0.298 e. The Labute approximate surface area is 81.1 Å². The van der Waals surface area contributed by atoms with Crippen LogP contribution in [0.15, 0.2) is 24.3 Å². The van der Waals surface area contributed by atoms with E-state index in [1.165, 1.54) is 6.08 Å². The second-order valence-electron chi connectivity index (χ2n) is 2.35. The summed E-state index contributed by atoms with van der Waals surface area (Å²) in [6.45, 7) is 0. The van der Waals surface area contributed by atoms with Crippen LogP contribution in [0.2, 0.25) is 5.02 Å². The predicted octanol–water partition coefficient (Wildman–Crippen LogP) is 2.69. The SMILES string of the molecule is N#CC=Cc1cc(Cl)ccc1C=O. The van der Waals surface area contributed by atoms with E-state index in [1.807, 2.05) is 6.07 Å². The molecule has 1 aromatic rings. The van der Waals surface area contributed by atoms with Crippen molar-refractivity contribution in [3.8, 4) is 6.07 Å². The van der Waals surface area contributed by atoms with Crippen molar-refractivity contribution in [2.24, 2.45) is 0 Å². The van der Waals surface area contributed by atoms with Crippen LogP contribution in [-0.2, 0) is 0 Å². The summed E-state index contributed by atoms with van der Waals surface area (Å²) in [6.07, 6.45) is 3.58. The Balaban J connectivity index is 3.17. The predicted molar refractivity (Wildman–Crippen MR) is 51.5 cm³/mol. The van der Waals surface area contributed by atoms with E-state index in [1.54, 1.807) is 24.3 Å². The molecule has 0 aliphatic carbocycles. The third kappa shape index (κ3) is 2.43. The van der Waals surface area contributed by atoms with Crippen molar-refractivity contribution in [1.82, 2.24) is 0 Å². The van der Waals surface area contributed by atoms with Crippen molar-refractivity contribution >= 4 is 24.0 Å². The summed E-state index contributed by atoms with van der Waals surface area (Å²) in [5.74, 6) is 0. The minimum Gasteiger partial charge on any atom is -0.298 e. The van der Waals surface area contributed by atoms with Gasteiger partial charge in [0.25, 0.3) is 0 Å². The van der Waals surface area contributed by atoms with Gasteiger partial charge >= 0.3 is 0 Å². The maximum Gasteiger partial charge on any atom is 0.150 e. The van der Waals surface area contributed by atoms with Gasteiger partial charge in [-0.25, -0.2) is 0 Å². The molecule has 64 valence electrons. The number of carbonyl (C=O) groups excluding carboxylic acids is 1. The summed E-state index contributed by atoms with van der Waals surface area (Å²) in [6, 6.07) is 6.74. The van der Waals surface area contributed by atoms with Gasteiger partial charge in [-0.3, -0.25) is 4.79 Å². The molecule has 0 heterocycles. The standard InChI is InChI=1S/C10H6ClNO/c11-10-4-3-9(7-13)8(6-10)2-1-5-12/h1-4,6-7H. The Morgan fingerprint density at radius 2 is 2.15 bits per heavy atom. The highest BCUT2D eigenvalue weighted by molar-refractivity contribution is 6.30. The van der Waals surface area contributed by atoms with Crippen LogP contribution in [0.5, 0.6) is 0 Å². The molecule has 0 fully saturated rings. The van der Waals surface area contributed by atoms with Crippen molar-refractivity contribution in [1.29, 1.82) is 5.26 Å². The van der Waals surface area contributed by atoms with Crippen LogP contribution in [0, 0.1) is 11.3 Å².